The molecule has 10 heteroatoms. The smallest absolute Gasteiger partial charge is 0.186 e. The van der Waals surface area contributed by atoms with Crippen LogP contribution >= 0.6 is 0 Å². The molecule has 4 saturated carbocycles. The van der Waals surface area contributed by atoms with Crippen molar-refractivity contribution in [1.29, 1.82) is 0 Å². The van der Waals surface area contributed by atoms with E-state index < -0.39 is 55.6 Å². The molecular weight excluding hydrogens is 556 g/mol. The number of aliphatic hydroxyl groups is 7. The van der Waals surface area contributed by atoms with Gasteiger partial charge < -0.3 is 50.0 Å². The van der Waals surface area contributed by atoms with Gasteiger partial charge in [-0.25, -0.2) is 0 Å². The van der Waals surface area contributed by atoms with Crippen LogP contribution in [0.1, 0.15) is 79.1 Å². The molecule has 17 atom stereocenters. The fraction of sp³-hybridized carbons (Fsp3) is 0.939. The number of aliphatic hydroxyl groups excluding tert-OH is 7. The van der Waals surface area contributed by atoms with E-state index in [4.69, 9.17) is 14.2 Å². The molecule has 246 valence electrons. The lowest BCUT2D eigenvalue weighted by atomic mass is 9.43. The Morgan fingerprint density at radius 1 is 0.977 bits per heavy atom. The largest absolute Gasteiger partial charge is 0.494 e. The summed E-state index contributed by atoms with van der Waals surface area (Å²) in [5.41, 5.74) is 0.839. The van der Waals surface area contributed by atoms with Crippen molar-refractivity contribution < 1.29 is 50.0 Å². The monoisotopic (exact) mass is 610 g/mol. The Balaban J connectivity index is 1.09. The Hall–Kier alpha value is -0.820. The molecule has 7 N–H and O–H groups in total. The second kappa shape index (κ2) is 11.8. The van der Waals surface area contributed by atoms with Crippen molar-refractivity contribution in [1.82, 2.24) is 0 Å². The average Bonchev–Trinajstić information content (AvgIpc) is 3.43. The molecule has 0 aromatic rings. The number of hydrogen-bond donors (Lipinski definition) is 7. The molecule has 2 aliphatic heterocycles. The molecule has 5 fully saturated rings. The van der Waals surface area contributed by atoms with Crippen LogP contribution in [0.2, 0.25) is 0 Å². The third-order valence-corrected chi connectivity index (χ3v) is 13.1. The van der Waals surface area contributed by atoms with Gasteiger partial charge in [0.25, 0.3) is 0 Å². The number of ether oxygens (including phenoxy) is 3. The maximum Gasteiger partial charge on any atom is 0.186 e. The van der Waals surface area contributed by atoms with Crippen LogP contribution < -0.4 is 0 Å². The summed E-state index contributed by atoms with van der Waals surface area (Å²) in [7, 11) is 0. The molecule has 4 aliphatic carbocycles. The SMILES string of the molecule is CC1=C(CC[C@@H](C)CO[C@@H]2O[C@H](CO)[C@@H](O)[C@H](O)[C@H]2O)O[C@@H]2C[C@@H]3[C@@H]4CC[C@@H]5C[C@@H](O)C[C@@H](O)[C@]5(C)[C@H]4[C@H](O)C[C@]3(C)[C@H]12. The second-order valence-corrected chi connectivity index (χ2v) is 15.5. The van der Waals surface area contributed by atoms with Crippen molar-refractivity contribution in [2.75, 3.05) is 13.2 Å². The minimum atomic E-state index is -1.46. The zero-order chi connectivity index (χ0) is 31.0. The minimum Gasteiger partial charge on any atom is -0.494 e. The van der Waals surface area contributed by atoms with Crippen molar-refractivity contribution in [3.05, 3.63) is 11.3 Å². The van der Waals surface area contributed by atoms with Crippen LogP contribution in [0.5, 0.6) is 0 Å². The molecule has 0 unspecified atom stereocenters. The maximum atomic E-state index is 11.8. The molecule has 2 heterocycles. The van der Waals surface area contributed by atoms with Crippen molar-refractivity contribution >= 4 is 0 Å². The molecule has 10 nitrogen and oxygen atoms in total. The van der Waals surface area contributed by atoms with Crippen molar-refractivity contribution in [2.45, 2.75) is 134 Å². The molecule has 0 bridgehead atoms. The van der Waals surface area contributed by atoms with Gasteiger partial charge in [0.05, 0.1) is 37.3 Å². The van der Waals surface area contributed by atoms with E-state index in [1.165, 1.54) is 5.57 Å². The van der Waals surface area contributed by atoms with Gasteiger partial charge in [0.2, 0.25) is 0 Å². The third kappa shape index (κ3) is 5.11. The van der Waals surface area contributed by atoms with Crippen molar-refractivity contribution in [2.24, 2.45) is 46.3 Å². The predicted molar refractivity (Wildman–Crippen MR) is 155 cm³/mol. The van der Waals surface area contributed by atoms with Crippen LogP contribution in [-0.4, -0.2) is 104 Å². The number of rotatable bonds is 7. The molecule has 0 spiro atoms. The number of allylic oxidation sites excluding steroid dienone is 1. The topological polar surface area (TPSA) is 169 Å². The standard InChI is InChI=1S/C33H54O10/c1-15(14-41-31-30(40)29(39)28(38)24(13-34)43-31)5-8-22-16(2)26-23(42-22)11-20-19-7-6-17-9-18(35)10-25(37)33(17,4)27(19)21(36)12-32(20,26)3/h15,17-21,23-31,34-40H,5-14H2,1-4H3/t15-,17-,18-,19+,20-,21-,23-,24-,25-,26-,27-,28-,29+,30-,31-,32+,33-/m1/s1. The Bertz CT molecular complexity index is 1050. The molecule has 0 radical (unpaired) electrons. The summed E-state index contributed by atoms with van der Waals surface area (Å²) in [6.45, 7) is 8.54. The highest BCUT2D eigenvalue weighted by Gasteiger charge is 2.68. The van der Waals surface area contributed by atoms with E-state index in [1.54, 1.807) is 0 Å². The predicted octanol–water partition coefficient (Wildman–Crippen LogP) is 1.46. The van der Waals surface area contributed by atoms with Gasteiger partial charge in [-0.1, -0.05) is 20.8 Å². The molecule has 1 saturated heterocycles. The summed E-state index contributed by atoms with van der Waals surface area (Å²) in [5.74, 6) is 2.43. The van der Waals surface area contributed by atoms with Crippen LogP contribution in [0.4, 0.5) is 0 Å². The summed E-state index contributed by atoms with van der Waals surface area (Å²) in [6, 6.07) is 0. The molecular formula is C33H54O10. The Morgan fingerprint density at radius 3 is 2.44 bits per heavy atom. The highest BCUT2D eigenvalue weighted by atomic mass is 16.7. The Morgan fingerprint density at radius 2 is 1.72 bits per heavy atom. The lowest BCUT2D eigenvalue weighted by Crippen LogP contribution is -2.63. The summed E-state index contributed by atoms with van der Waals surface area (Å²) >= 11 is 0. The maximum absolute atomic E-state index is 11.8. The number of fused-ring (bicyclic) bond motifs is 7. The lowest BCUT2D eigenvalue weighted by molar-refractivity contribution is -0.303. The van der Waals surface area contributed by atoms with E-state index in [0.717, 1.165) is 44.3 Å². The zero-order valence-corrected chi connectivity index (χ0v) is 26.1. The molecule has 0 aromatic carbocycles. The first-order valence-electron chi connectivity index (χ1n) is 16.6. The highest BCUT2D eigenvalue weighted by Crippen LogP contribution is 2.69. The lowest BCUT2D eigenvalue weighted by Gasteiger charge is -2.63. The Kier molecular flexibility index (Phi) is 8.79. The average molecular weight is 611 g/mol. The molecule has 6 aliphatic rings. The molecule has 43 heavy (non-hydrogen) atoms. The van der Waals surface area contributed by atoms with E-state index in [0.29, 0.717) is 24.7 Å². The van der Waals surface area contributed by atoms with Crippen LogP contribution in [0, 0.1) is 46.3 Å². The van der Waals surface area contributed by atoms with E-state index >= 15 is 0 Å². The van der Waals surface area contributed by atoms with Gasteiger partial charge in [-0.05, 0) is 92.4 Å². The van der Waals surface area contributed by atoms with Crippen LogP contribution in [-0.2, 0) is 14.2 Å². The van der Waals surface area contributed by atoms with Gasteiger partial charge in [0.1, 0.15) is 30.5 Å². The zero-order valence-electron chi connectivity index (χ0n) is 26.1. The van der Waals surface area contributed by atoms with E-state index in [1.807, 2.05) is 6.92 Å². The first kappa shape index (κ1) is 32.1. The van der Waals surface area contributed by atoms with Gasteiger partial charge in [0.15, 0.2) is 6.29 Å². The first-order valence-corrected chi connectivity index (χ1v) is 16.6. The van der Waals surface area contributed by atoms with Gasteiger partial charge in [0, 0.05) is 17.8 Å². The van der Waals surface area contributed by atoms with Gasteiger partial charge in [-0.15, -0.1) is 0 Å². The minimum absolute atomic E-state index is 0.0407. The number of hydrogen-bond acceptors (Lipinski definition) is 10. The fourth-order valence-corrected chi connectivity index (χ4v) is 10.9. The third-order valence-electron chi connectivity index (χ3n) is 13.1. The molecule has 6 rings (SSSR count). The highest BCUT2D eigenvalue weighted by molar-refractivity contribution is 5.27. The Labute approximate surface area is 255 Å². The summed E-state index contributed by atoms with van der Waals surface area (Å²) in [5, 5.41) is 73.1. The quantitative estimate of drug-likeness (QED) is 0.224. The van der Waals surface area contributed by atoms with Gasteiger partial charge >= 0.3 is 0 Å². The van der Waals surface area contributed by atoms with Crippen LogP contribution in [0.25, 0.3) is 0 Å². The van der Waals surface area contributed by atoms with E-state index in [9.17, 15) is 35.7 Å². The normalized spacial score (nSPS) is 53.5. The van der Waals surface area contributed by atoms with Crippen LogP contribution in [0.15, 0.2) is 11.3 Å². The van der Waals surface area contributed by atoms with Crippen molar-refractivity contribution in [3.8, 4) is 0 Å². The second-order valence-electron chi connectivity index (χ2n) is 15.5. The summed E-state index contributed by atoms with van der Waals surface area (Å²) in [6.07, 6.45) is -1.48. The molecule has 0 amide bonds. The van der Waals surface area contributed by atoms with Gasteiger partial charge in [-0.3, -0.25) is 0 Å². The fourth-order valence-electron chi connectivity index (χ4n) is 10.9. The van der Waals surface area contributed by atoms with Gasteiger partial charge in [-0.2, -0.15) is 0 Å². The van der Waals surface area contributed by atoms with Crippen LogP contribution in [0.3, 0.4) is 0 Å². The van der Waals surface area contributed by atoms with Crippen molar-refractivity contribution in [3.63, 3.8) is 0 Å². The summed E-state index contributed by atoms with van der Waals surface area (Å²) < 4.78 is 17.9. The first-order chi connectivity index (χ1) is 20.3. The van der Waals surface area contributed by atoms with E-state index in [-0.39, 0.29) is 47.2 Å². The van der Waals surface area contributed by atoms with E-state index in [2.05, 4.69) is 20.8 Å². The molecule has 0 aromatic heterocycles. The summed E-state index contributed by atoms with van der Waals surface area (Å²) in [4.78, 5) is 0.